The van der Waals surface area contributed by atoms with Gasteiger partial charge >= 0.3 is 0 Å². The van der Waals surface area contributed by atoms with Gasteiger partial charge in [-0.25, -0.2) is 0 Å². The molecule has 2 nitrogen and oxygen atoms in total. The zero-order valence-corrected chi connectivity index (χ0v) is 8.77. The second-order valence-electron chi connectivity index (χ2n) is 3.84. The zero-order chi connectivity index (χ0) is 10.8. The van der Waals surface area contributed by atoms with Crippen LogP contribution in [0, 0.1) is 6.07 Å². The maximum absolute atomic E-state index is 4.01. The summed E-state index contributed by atoms with van der Waals surface area (Å²) in [4.78, 5) is 7.41. The van der Waals surface area contributed by atoms with E-state index in [2.05, 4.69) is 28.2 Å². The Kier molecular flexibility index (Phi) is 2.18. The molecule has 0 amide bonds. The number of aromatic amines is 1. The molecule has 3 aromatic rings. The minimum atomic E-state index is 0.914. The molecular weight excluding hydrogens is 196 g/mol. The molecule has 0 saturated carbocycles. The summed E-state index contributed by atoms with van der Waals surface area (Å²) in [5.74, 6) is 0. The largest absolute Gasteiger partial charge is 0.358 e. The molecule has 0 unspecified atom stereocenters. The summed E-state index contributed by atoms with van der Waals surface area (Å²) in [6.45, 7) is 0. The van der Waals surface area contributed by atoms with Crippen molar-refractivity contribution in [1.29, 1.82) is 0 Å². The van der Waals surface area contributed by atoms with Crippen molar-refractivity contribution in [2.24, 2.45) is 0 Å². The molecule has 2 heterocycles. The highest BCUT2D eigenvalue weighted by molar-refractivity contribution is 5.80. The molecule has 0 spiro atoms. The van der Waals surface area contributed by atoms with Gasteiger partial charge in [0.05, 0.1) is 0 Å². The third-order valence-electron chi connectivity index (χ3n) is 2.67. The first kappa shape index (κ1) is 9.16. The molecule has 0 bridgehead atoms. The van der Waals surface area contributed by atoms with Crippen molar-refractivity contribution in [2.75, 3.05) is 0 Å². The van der Waals surface area contributed by atoms with Crippen LogP contribution in [0.5, 0.6) is 0 Å². The average molecular weight is 207 g/mol. The number of H-pyrrole nitrogens is 1. The summed E-state index contributed by atoms with van der Waals surface area (Å²) in [5, 5.41) is 1.24. The van der Waals surface area contributed by atoms with E-state index in [1.165, 1.54) is 16.6 Å². The Bertz CT molecular complexity index is 563. The van der Waals surface area contributed by atoms with Crippen molar-refractivity contribution >= 4 is 10.9 Å². The first-order valence-electron chi connectivity index (χ1n) is 5.28. The van der Waals surface area contributed by atoms with Crippen LogP contribution in [-0.2, 0) is 6.42 Å². The van der Waals surface area contributed by atoms with Crippen LogP contribution in [0.4, 0.5) is 0 Å². The zero-order valence-electron chi connectivity index (χ0n) is 8.77. The van der Waals surface area contributed by atoms with Crippen molar-refractivity contribution in [3.63, 3.8) is 0 Å². The molecule has 1 radical (unpaired) electrons. The van der Waals surface area contributed by atoms with E-state index in [1.807, 2.05) is 36.7 Å². The first-order valence-corrected chi connectivity index (χ1v) is 5.28. The number of pyridine rings is 1. The van der Waals surface area contributed by atoms with E-state index in [1.54, 1.807) is 0 Å². The Labute approximate surface area is 94.0 Å². The van der Waals surface area contributed by atoms with Crippen LogP contribution in [0.2, 0.25) is 0 Å². The predicted octanol–water partition coefficient (Wildman–Crippen LogP) is 2.95. The van der Waals surface area contributed by atoms with Crippen molar-refractivity contribution in [2.45, 2.75) is 6.42 Å². The SMILES string of the molecule is [c]1ccc2cc(Cc3ccncc3)[nH]c2c1. The Morgan fingerprint density at radius 3 is 2.88 bits per heavy atom. The Hall–Kier alpha value is -2.09. The fraction of sp³-hybridized carbons (Fsp3) is 0.0714. The molecule has 3 rings (SSSR count). The summed E-state index contributed by atoms with van der Waals surface area (Å²) in [5.41, 5.74) is 3.64. The molecule has 0 fully saturated rings. The fourth-order valence-electron chi connectivity index (χ4n) is 1.89. The topological polar surface area (TPSA) is 28.7 Å². The highest BCUT2D eigenvalue weighted by Gasteiger charge is 2.00. The summed E-state index contributed by atoms with van der Waals surface area (Å²) in [7, 11) is 0. The van der Waals surface area contributed by atoms with Gasteiger partial charge in [-0.3, -0.25) is 4.98 Å². The molecule has 0 aliphatic carbocycles. The molecule has 77 valence electrons. The molecule has 1 N–H and O–H groups in total. The Morgan fingerprint density at radius 1 is 1.19 bits per heavy atom. The third kappa shape index (κ3) is 1.70. The van der Waals surface area contributed by atoms with Crippen molar-refractivity contribution < 1.29 is 0 Å². The van der Waals surface area contributed by atoms with Gasteiger partial charge in [-0.2, -0.15) is 0 Å². The van der Waals surface area contributed by atoms with Gasteiger partial charge in [0, 0.05) is 30.0 Å². The second kappa shape index (κ2) is 3.81. The second-order valence-corrected chi connectivity index (χ2v) is 3.84. The van der Waals surface area contributed by atoms with E-state index in [-0.39, 0.29) is 0 Å². The lowest BCUT2D eigenvalue weighted by Gasteiger charge is -1.96. The number of fused-ring (bicyclic) bond motifs is 1. The van der Waals surface area contributed by atoms with Crippen molar-refractivity contribution in [3.05, 3.63) is 66.1 Å². The minimum Gasteiger partial charge on any atom is -0.358 e. The van der Waals surface area contributed by atoms with E-state index in [0.717, 1.165) is 11.9 Å². The average Bonchev–Trinajstić information content (AvgIpc) is 2.72. The molecule has 0 saturated heterocycles. The van der Waals surface area contributed by atoms with Crippen LogP contribution < -0.4 is 0 Å². The predicted molar refractivity (Wildman–Crippen MR) is 64.2 cm³/mol. The van der Waals surface area contributed by atoms with Gasteiger partial charge in [0.25, 0.3) is 0 Å². The molecule has 0 aliphatic rings. The summed E-state index contributed by atoms with van der Waals surface area (Å²) in [6, 6.07) is 15.3. The third-order valence-corrected chi connectivity index (χ3v) is 2.67. The molecule has 0 atom stereocenters. The van der Waals surface area contributed by atoms with Gasteiger partial charge < -0.3 is 4.98 Å². The van der Waals surface area contributed by atoms with Gasteiger partial charge in [0.1, 0.15) is 0 Å². The number of benzene rings is 1. The summed E-state index contributed by atoms with van der Waals surface area (Å²) < 4.78 is 0. The standard InChI is InChI=1S/C14H11N2/c1-2-4-14-12(3-1)10-13(16-14)9-11-5-7-15-8-6-11/h1,3-8,10,16H,9H2. The number of aromatic nitrogens is 2. The number of hydrogen-bond acceptors (Lipinski definition) is 1. The van der Waals surface area contributed by atoms with Crippen molar-refractivity contribution in [1.82, 2.24) is 9.97 Å². The van der Waals surface area contributed by atoms with Gasteiger partial charge in [0.15, 0.2) is 0 Å². The van der Waals surface area contributed by atoms with Crippen LogP contribution in [0.1, 0.15) is 11.3 Å². The van der Waals surface area contributed by atoms with E-state index in [4.69, 9.17) is 0 Å². The van der Waals surface area contributed by atoms with Crippen LogP contribution in [-0.4, -0.2) is 9.97 Å². The van der Waals surface area contributed by atoms with Crippen LogP contribution in [0.15, 0.2) is 48.8 Å². The number of nitrogens with zero attached hydrogens (tertiary/aromatic N) is 1. The lowest BCUT2D eigenvalue weighted by molar-refractivity contribution is 1.11. The summed E-state index contributed by atoms with van der Waals surface area (Å²) in [6.07, 6.45) is 4.56. The number of nitrogens with one attached hydrogen (secondary N) is 1. The highest BCUT2D eigenvalue weighted by Crippen LogP contribution is 2.16. The summed E-state index contributed by atoms with van der Waals surface area (Å²) >= 11 is 0. The molecule has 2 aromatic heterocycles. The Morgan fingerprint density at radius 2 is 2.06 bits per heavy atom. The van der Waals surface area contributed by atoms with Gasteiger partial charge in [-0.1, -0.05) is 12.1 Å². The smallest absolute Gasteiger partial charge is 0.0462 e. The van der Waals surface area contributed by atoms with E-state index in [9.17, 15) is 0 Å². The van der Waals surface area contributed by atoms with Gasteiger partial charge in [-0.05, 0) is 41.3 Å². The molecule has 16 heavy (non-hydrogen) atoms. The molecular formula is C14H11N2. The maximum Gasteiger partial charge on any atom is 0.0462 e. The van der Waals surface area contributed by atoms with Gasteiger partial charge in [-0.15, -0.1) is 0 Å². The van der Waals surface area contributed by atoms with E-state index in [0.29, 0.717) is 0 Å². The van der Waals surface area contributed by atoms with E-state index < -0.39 is 0 Å². The van der Waals surface area contributed by atoms with Crippen LogP contribution in [0.3, 0.4) is 0 Å². The number of rotatable bonds is 2. The molecule has 2 heteroatoms. The molecule has 1 aromatic carbocycles. The quantitative estimate of drug-likeness (QED) is 0.687. The fourth-order valence-corrected chi connectivity index (χ4v) is 1.89. The Balaban J connectivity index is 1.95. The van der Waals surface area contributed by atoms with Gasteiger partial charge in [0.2, 0.25) is 0 Å². The lowest BCUT2D eigenvalue weighted by Crippen LogP contribution is -1.87. The van der Waals surface area contributed by atoms with E-state index >= 15 is 0 Å². The number of hydrogen-bond donors (Lipinski definition) is 1. The van der Waals surface area contributed by atoms with Crippen LogP contribution in [0.25, 0.3) is 10.9 Å². The monoisotopic (exact) mass is 207 g/mol. The molecule has 0 aliphatic heterocycles. The maximum atomic E-state index is 4.01. The van der Waals surface area contributed by atoms with Crippen molar-refractivity contribution in [3.8, 4) is 0 Å². The highest BCUT2D eigenvalue weighted by atomic mass is 14.7. The minimum absolute atomic E-state index is 0.914. The normalized spacial score (nSPS) is 10.8. The first-order chi connectivity index (χ1) is 7.92. The lowest BCUT2D eigenvalue weighted by atomic mass is 10.1. The van der Waals surface area contributed by atoms with Crippen LogP contribution >= 0.6 is 0 Å².